The number of hydrogen-bond donors (Lipinski definition) is 3. The maximum atomic E-state index is 12.4. The van der Waals surface area contributed by atoms with Gasteiger partial charge in [0.2, 0.25) is 0 Å². The number of aliphatic carboxylic acids is 1. The molecular formula is C20H22N4O4S. The van der Waals surface area contributed by atoms with E-state index in [0.717, 1.165) is 15.8 Å². The zero-order valence-corrected chi connectivity index (χ0v) is 17.2. The predicted octanol–water partition coefficient (Wildman–Crippen LogP) is 3.56. The van der Waals surface area contributed by atoms with Gasteiger partial charge in [-0.05, 0) is 39.0 Å². The SMILES string of the molecule is C/C(=N/NC(=O)[C@H](C)Nc1nc2ccccc2s1)c1cc(CCC(=O)O)oc1C. The molecular weight excluding hydrogens is 392 g/mol. The second kappa shape index (κ2) is 8.87. The number of thiazole rings is 1. The van der Waals surface area contributed by atoms with Crippen molar-refractivity contribution in [2.45, 2.75) is 39.7 Å². The summed E-state index contributed by atoms with van der Waals surface area (Å²) in [6.07, 6.45) is 0.299. The van der Waals surface area contributed by atoms with Gasteiger partial charge in [0.05, 0.1) is 22.3 Å². The third-order valence-corrected chi connectivity index (χ3v) is 5.27. The molecule has 8 nitrogen and oxygen atoms in total. The summed E-state index contributed by atoms with van der Waals surface area (Å²) in [4.78, 5) is 27.5. The normalized spacial score (nSPS) is 12.7. The molecule has 1 amide bonds. The van der Waals surface area contributed by atoms with Gasteiger partial charge in [-0.3, -0.25) is 9.59 Å². The van der Waals surface area contributed by atoms with Gasteiger partial charge >= 0.3 is 5.97 Å². The van der Waals surface area contributed by atoms with Crippen molar-refractivity contribution < 1.29 is 19.1 Å². The van der Waals surface area contributed by atoms with E-state index in [0.29, 0.717) is 28.8 Å². The topological polar surface area (TPSA) is 117 Å². The van der Waals surface area contributed by atoms with Gasteiger partial charge < -0.3 is 14.8 Å². The third kappa shape index (κ3) is 5.20. The number of hydrazone groups is 1. The van der Waals surface area contributed by atoms with Gasteiger partial charge in [0.15, 0.2) is 5.13 Å². The average Bonchev–Trinajstić information content (AvgIpc) is 3.26. The van der Waals surface area contributed by atoms with Gasteiger partial charge in [-0.1, -0.05) is 23.5 Å². The molecule has 0 saturated carbocycles. The van der Waals surface area contributed by atoms with Crippen LogP contribution in [0.5, 0.6) is 0 Å². The number of carboxylic acids is 1. The minimum absolute atomic E-state index is 0.00568. The zero-order valence-electron chi connectivity index (χ0n) is 16.4. The van der Waals surface area contributed by atoms with E-state index in [1.807, 2.05) is 24.3 Å². The van der Waals surface area contributed by atoms with Crippen molar-refractivity contribution in [2.24, 2.45) is 5.10 Å². The van der Waals surface area contributed by atoms with E-state index in [4.69, 9.17) is 9.52 Å². The molecule has 152 valence electrons. The number of carbonyl (C=O) groups is 2. The van der Waals surface area contributed by atoms with Crippen LogP contribution in [-0.2, 0) is 16.0 Å². The number of rotatable bonds is 8. The van der Waals surface area contributed by atoms with Crippen LogP contribution in [0.15, 0.2) is 39.9 Å². The molecule has 29 heavy (non-hydrogen) atoms. The Morgan fingerprint density at radius 2 is 2.10 bits per heavy atom. The molecule has 2 heterocycles. The van der Waals surface area contributed by atoms with Crippen molar-refractivity contribution in [3.8, 4) is 0 Å². The fourth-order valence-electron chi connectivity index (χ4n) is 2.74. The molecule has 3 rings (SSSR count). The van der Waals surface area contributed by atoms with E-state index in [-0.39, 0.29) is 12.3 Å². The van der Waals surface area contributed by atoms with Crippen molar-refractivity contribution in [1.82, 2.24) is 10.4 Å². The minimum Gasteiger partial charge on any atom is -0.481 e. The largest absolute Gasteiger partial charge is 0.481 e. The highest BCUT2D eigenvalue weighted by molar-refractivity contribution is 7.22. The Labute approximate surface area is 171 Å². The van der Waals surface area contributed by atoms with Gasteiger partial charge in [-0.25, -0.2) is 10.4 Å². The Morgan fingerprint density at radius 3 is 2.83 bits per heavy atom. The molecule has 0 aliphatic rings. The fourth-order valence-corrected chi connectivity index (χ4v) is 3.69. The van der Waals surface area contributed by atoms with Crippen molar-refractivity contribution in [3.05, 3.63) is 47.4 Å². The summed E-state index contributed by atoms with van der Waals surface area (Å²) >= 11 is 1.48. The first-order valence-corrected chi connectivity index (χ1v) is 9.93. The predicted molar refractivity (Wildman–Crippen MR) is 112 cm³/mol. The van der Waals surface area contributed by atoms with Crippen molar-refractivity contribution in [2.75, 3.05) is 5.32 Å². The molecule has 0 aliphatic carbocycles. The molecule has 3 aromatic rings. The maximum Gasteiger partial charge on any atom is 0.303 e. The molecule has 0 saturated heterocycles. The number of nitrogens with one attached hydrogen (secondary N) is 2. The third-order valence-electron chi connectivity index (χ3n) is 4.30. The van der Waals surface area contributed by atoms with Crippen LogP contribution in [0.1, 0.15) is 37.4 Å². The summed E-state index contributed by atoms with van der Waals surface area (Å²) in [5.74, 6) is 0.0249. The molecule has 0 aliphatic heterocycles. The molecule has 3 N–H and O–H groups in total. The minimum atomic E-state index is -0.882. The Morgan fingerprint density at radius 1 is 1.34 bits per heavy atom. The molecule has 0 fully saturated rings. The number of benzene rings is 1. The number of amides is 1. The Hall–Kier alpha value is -3.20. The van der Waals surface area contributed by atoms with E-state index < -0.39 is 12.0 Å². The average molecular weight is 414 g/mol. The standard InChI is InChI=1S/C20H22N4O4S/c1-11(15-10-14(28-13(15)3)8-9-18(25)26)23-24-19(27)12(2)21-20-22-16-6-4-5-7-17(16)29-20/h4-7,10,12H,8-9H2,1-3H3,(H,21,22)(H,24,27)(H,25,26)/b23-11-/t12-/m0/s1. The summed E-state index contributed by atoms with van der Waals surface area (Å²) < 4.78 is 6.62. The molecule has 0 unspecified atom stereocenters. The number of para-hydroxylation sites is 1. The summed E-state index contributed by atoms with van der Waals surface area (Å²) in [7, 11) is 0. The van der Waals surface area contributed by atoms with Gasteiger partial charge in [0.25, 0.3) is 5.91 Å². The first-order chi connectivity index (χ1) is 13.8. The number of aryl methyl sites for hydroxylation is 2. The molecule has 9 heteroatoms. The van der Waals surface area contributed by atoms with Gasteiger partial charge in [0.1, 0.15) is 17.6 Å². The van der Waals surface area contributed by atoms with Gasteiger partial charge in [-0.2, -0.15) is 5.10 Å². The lowest BCUT2D eigenvalue weighted by Crippen LogP contribution is -2.35. The van der Waals surface area contributed by atoms with Gasteiger partial charge in [-0.15, -0.1) is 0 Å². The number of carboxylic acid groups (broad SMARTS) is 1. The fraction of sp³-hybridized carbons (Fsp3) is 0.300. The Bertz CT molecular complexity index is 1040. The molecule has 1 aromatic carbocycles. The lowest BCUT2D eigenvalue weighted by molar-refractivity contribution is -0.137. The molecule has 2 aromatic heterocycles. The molecule has 0 spiro atoms. The van der Waals surface area contributed by atoms with Gasteiger partial charge in [0, 0.05) is 12.0 Å². The molecule has 0 bridgehead atoms. The van der Waals surface area contributed by atoms with Crippen LogP contribution in [0.4, 0.5) is 5.13 Å². The van der Waals surface area contributed by atoms with Crippen LogP contribution in [0.2, 0.25) is 0 Å². The highest BCUT2D eigenvalue weighted by Gasteiger charge is 2.16. The van der Waals surface area contributed by atoms with E-state index in [2.05, 4.69) is 20.8 Å². The van der Waals surface area contributed by atoms with Crippen LogP contribution in [0, 0.1) is 6.92 Å². The second-order valence-corrected chi connectivity index (χ2v) is 7.63. The number of furan rings is 1. The number of nitrogens with zero attached hydrogens (tertiary/aromatic N) is 2. The van der Waals surface area contributed by atoms with E-state index >= 15 is 0 Å². The number of aromatic nitrogens is 1. The Kier molecular flexibility index (Phi) is 6.28. The van der Waals surface area contributed by atoms with Crippen LogP contribution >= 0.6 is 11.3 Å². The molecule has 1 atom stereocenters. The maximum absolute atomic E-state index is 12.4. The quantitative estimate of drug-likeness (QED) is 0.383. The summed E-state index contributed by atoms with van der Waals surface area (Å²) in [6.45, 7) is 5.27. The number of hydrogen-bond acceptors (Lipinski definition) is 7. The van der Waals surface area contributed by atoms with E-state index in [9.17, 15) is 9.59 Å². The zero-order chi connectivity index (χ0) is 21.0. The highest BCUT2D eigenvalue weighted by atomic mass is 32.1. The number of fused-ring (bicyclic) bond motifs is 1. The van der Waals surface area contributed by atoms with Crippen molar-refractivity contribution in [3.63, 3.8) is 0 Å². The van der Waals surface area contributed by atoms with Crippen LogP contribution in [-0.4, -0.2) is 33.7 Å². The lowest BCUT2D eigenvalue weighted by Gasteiger charge is -2.11. The van der Waals surface area contributed by atoms with Crippen LogP contribution in [0.3, 0.4) is 0 Å². The van der Waals surface area contributed by atoms with Crippen LogP contribution in [0.25, 0.3) is 10.2 Å². The smallest absolute Gasteiger partial charge is 0.303 e. The number of anilines is 1. The highest BCUT2D eigenvalue weighted by Crippen LogP contribution is 2.25. The first kappa shape index (κ1) is 20.5. The van der Waals surface area contributed by atoms with E-state index in [1.54, 1.807) is 26.8 Å². The Balaban J connectivity index is 1.60. The van der Waals surface area contributed by atoms with Crippen molar-refractivity contribution in [1.29, 1.82) is 0 Å². The molecule has 0 radical (unpaired) electrons. The van der Waals surface area contributed by atoms with Crippen LogP contribution < -0.4 is 10.7 Å². The second-order valence-electron chi connectivity index (χ2n) is 6.60. The van der Waals surface area contributed by atoms with Crippen molar-refractivity contribution >= 4 is 44.3 Å². The summed E-state index contributed by atoms with van der Waals surface area (Å²) in [5.41, 5.74) is 4.74. The lowest BCUT2D eigenvalue weighted by atomic mass is 10.1. The summed E-state index contributed by atoms with van der Waals surface area (Å²) in [6, 6.07) is 9.00. The number of carbonyl (C=O) groups excluding carboxylic acids is 1. The van der Waals surface area contributed by atoms with E-state index in [1.165, 1.54) is 11.3 Å². The monoisotopic (exact) mass is 414 g/mol. The summed E-state index contributed by atoms with van der Waals surface area (Å²) in [5, 5.41) is 16.7. The first-order valence-electron chi connectivity index (χ1n) is 9.11.